The Balaban J connectivity index is 2.38. The number of halogens is 1. The number of nitrogens with one attached hydrogen (secondary N) is 1. The van der Waals surface area contributed by atoms with Gasteiger partial charge in [0, 0.05) is 10.6 Å². The van der Waals surface area contributed by atoms with E-state index in [1.165, 1.54) is 0 Å². The van der Waals surface area contributed by atoms with E-state index in [-0.39, 0.29) is 11.6 Å². The molecule has 0 spiro atoms. The fourth-order valence-electron chi connectivity index (χ4n) is 2.20. The maximum Gasteiger partial charge on any atom is 0.414 e. The first-order valence-electron chi connectivity index (χ1n) is 6.66. The standard InChI is InChI=1S/C15H21ClN2O2/c1-14(2,3)20-13(19)18-9-15(4,5)17-11-7-6-10(16)8-12(11)18/h6-8,17H,9H2,1-5H3. The van der Waals surface area contributed by atoms with Gasteiger partial charge in [0.15, 0.2) is 0 Å². The van der Waals surface area contributed by atoms with E-state index in [9.17, 15) is 4.79 Å². The summed E-state index contributed by atoms with van der Waals surface area (Å²) < 4.78 is 5.48. The van der Waals surface area contributed by atoms with Gasteiger partial charge in [-0.1, -0.05) is 11.6 Å². The quantitative estimate of drug-likeness (QED) is 0.776. The topological polar surface area (TPSA) is 41.6 Å². The van der Waals surface area contributed by atoms with Crippen molar-refractivity contribution in [3.05, 3.63) is 23.2 Å². The van der Waals surface area contributed by atoms with E-state index < -0.39 is 5.60 Å². The molecule has 5 heteroatoms. The van der Waals surface area contributed by atoms with Crippen LogP contribution in [-0.4, -0.2) is 23.8 Å². The minimum Gasteiger partial charge on any atom is -0.443 e. The third kappa shape index (κ3) is 3.37. The zero-order valence-corrected chi connectivity index (χ0v) is 13.3. The highest BCUT2D eigenvalue weighted by atomic mass is 35.5. The summed E-state index contributed by atoms with van der Waals surface area (Å²) in [6, 6.07) is 5.47. The number of anilines is 2. The molecule has 1 aliphatic rings. The lowest BCUT2D eigenvalue weighted by atomic mass is 10.00. The van der Waals surface area contributed by atoms with Crippen LogP contribution in [0.1, 0.15) is 34.6 Å². The first-order chi connectivity index (χ1) is 9.07. The lowest BCUT2D eigenvalue weighted by Gasteiger charge is -2.41. The van der Waals surface area contributed by atoms with Gasteiger partial charge < -0.3 is 10.1 Å². The molecule has 2 rings (SSSR count). The molecule has 0 unspecified atom stereocenters. The highest BCUT2D eigenvalue weighted by Gasteiger charge is 2.35. The zero-order chi connectivity index (χ0) is 15.1. The molecule has 4 nitrogen and oxygen atoms in total. The molecule has 1 aliphatic heterocycles. The Morgan fingerprint density at radius 2 is 2.05 bits per heavy atom. The molecule has 1 aromatic rings. The second-order valence-electron chi connectivity index (χ2n) is 6.74. The summed E-state index contributed by atoms with van der Waals surface area (Å²) >= 11 is 6.04. The molecule has 0 saturated carbocycles. The summed E-state index contributed by atoms with van der Waals surface area (Å²) in [6.45, 7) is 10.2. The Morgan fingerprint density at radius 1 is 1.40 bits per heavy atom. The van der Waals surface area contributed by atoms with Crippen LogP contribution in [0.2, 0.25) is 5.02 Å². The van der Waals surface area contributed by atoms with Crippen LogP contribution in [0, 0.1) is 0 Å². The number of benzene rings is 1. The Morgan fingerprint density at radius 3 is 2.65 bits per heavy atom. The molecule has 1 N–H and O–H groups in total. The van der Waals surface area contributed by atoms with Crippen LogP contribution < -0.4 is 10.2 Å². The fraction of sp³-hybridized carbons (Fsp3) is 0.533. The normalized spacial score (nSPS) is 17.2. The third-order valence-electron chi connectivity index (χ3n) is 2.89. The van der Waals surface area contributed by atoms with Gasteiger partial charge in [-0.15, -0.1) is 0 Å². The number of hydrogen-bond donors (Lipinski definition) is 1. The highest BCUT2D eigenvalue weighted by Crippen LogP contribution is 2.37. The smallest absolute Gasteiger partial charge is 0.414 e. The van der Waals surface area contributed by atoms with Crippen molar-refractivity contribution in [3.8, 4) is 0 Å². The summed E-state index contributed by atoms with van der Waals surface area (Å²) in [7, 11) is 0. The summed E-state index contributed by atoms with van der Waals surface area (Å²) in [5, 5.41) is 4.00. The van der Waals surface area contributed by atoms with E-state index >= 15 is 0 Å². The SMILES string of the molecule is CC1(C)CN(C(=O)OC(C)(C)C)c2cc(Cl)ccc2N1. The lowest BCUT2D eigenvalue weighted by molar-refractivity contribution is 0.0573. The number of amides is 1. The fourth-order valence-corrected chi connectivity index (χ4v) is 2.36. The second kappa shape index (κ2) is 4.85. The number of carbonyl (C=O) groups is 1. The predicted molar refractivity (Wildman–Crippen MR) is 82.7 cm³/mol. The van der Waals surface area contributed by atoms with E-state index in [4.69, 9.17) is 16.3 Å². The summed E-state index contributed by atoms with van der Waals surface area (Å²) in [5.41, 5.74) is 0.894. The average Bonchev–Trinajstić information content (AvgIpc) is 2.25. The van der Waals surface area contributed by atoms with Gasteiger partial charge in [0.1, 0.15) is 5.60 Å². The minimum absolute atomic E-state index is 0.224. The molecule has 1 aromatic carbocycles. The van der Waals surface area contributed by atoms with E-state index in [1.807, 2.05) is 46.8 Å². The molecular formula is C15H21ClN2O2. The minimum atomic E-state index is -0.523. The Bertz CT molecular complexity index is 535. The van der Waals surface area contributed by atoms with Crippen LogP contribution in [-0.2, 0) is 4.74 Å². The van der Waals surface area contributed by atoms with Crippen LogP contribution in [0.25, 0.3) is 0 Å². The van der Waals surface area contributed by atoms with Crippen LogP contribution >= 0.6 is 11.6 Å². The number of carbonyl (C=O) groups excluding carboxylic acids is 1. The van der Waals surface area contributed by atoms with Crippen LogP contribution in [0.15, 0.2) is 18.2 Å². The third-order valence-corrected chi connectivity index (χ3v) is 3.13. The van der Waals surface area contributed by atoms with E-state index in [2.05, 4.69) is 5.32 Å². The maximum absolute atomic E-state index is 12.4. The van der Waals surface area contributed by atoms with Crippen molar-refractivity contribution in [1.82, 2.24) is 0 Å². The Labute approximate surface area is 125 Å². The molecule has 0 radical (unpaired) electrons. The van der Waals surface area contributed by atoms with Crippen molar-refractivity contribution in [2.45, 2.75) is 45.8 Å². The maximum atomic E-state index is 12.4. The van der Waals surface area contributed by atoms with Gasteiger partial charge in [0.05, 0.1) is 17.9 Å². The van der Waals surface area contributed by atoms with Crippen molar-refractivity contribution >= 4 is 29.1 Å². The van der Waals surface area contributed by atoms with Crippen LogP contribution in [0.4, 0.5) is 16.2 Å². The zero-order valence-electron chi connectivity index (χ0n) is 12.6. The summed E-state index contributed by atoms with van der Waals surface area (Å²) in [4.78, 5) is 14.1. The van der Waals surface area contributed by atoms with E-state index in [0.29, 0.717) is 11.6 Å². The largest absolute Gasteiger partial charge is 0.443 e. The number of nitrogens with zero attached hydrogens (tertiary/aromatic N) is 1. The summed E-state index contributed by atoms with van der Waals surface area (Å²) in [5.74, 6) is 0. The molecule has 20 heavy (non-hydrogen) atoms. The second-order valence-corrected chi connectivity index (χ2v) is 7.17. The molecule has 1 amide bonds. The average molecular weight is 297 g/mol. The molecular weight excluding hydrogens is 276 g/mol. The predicted octanol–water partition coefficient (Wildman–Crippen LogP) is 4.29. The van der Waals surface area contributed by atoms with Gasteiger partial charge in [0.2, 0.25) is 0 Å². The Kier molecular flexibility index (Phi) is 3.63. The van der Waals surface area contributed by atoms with Gasteiger partial charge in [0.25, 0.3) is 0 Å². The van der Waals surface area contributed by atoms with Gasteiger partial charge in [-0.3, -0.25) is 4.90 Å². The lowest BCUT2D eigenvalue weighted by Crippen LogP contribution is -2.51. The van der Waals surface area contributed by atoms with Gasteiger partial charge >= 0.3 is 6.09 Å². The van der Waals surface area contributed by atoms with Crippen LogP contribution in [0.5, 0.6) is 0 Å². The van der Waals surface area contributed by atoms with E-state index in [0.717, 1.165) is 11.4 Å². The highest BCUT2D eigenvalue weighted by molar-refractivity contribution is 6.31. The van der Waals surface area contributed by atoms with Gasteiger partial charge in [-0.25, -0.2) is 4.79 Å². The van der Waals surface area contributed by atoms with Crippen molar-refractivity contribution in [1.29, 1.82) is 0 Å². The molecule has 1 heterocycles. The monoisotopic (exact) mass is 296 g/mol. The van der Waals surface area contributed by atoms with Crippen molar-refractivity contribution in [3.63, 3.8) is 0 Å². The van der Waals surface area contributed by atoms with Crippen molar-refractivity contribution < 1.29 is 9.53 Å². The molecule has 110 valence electrons. The molecule has 0 atom stereocenters. The van der Waals surface area contributed by atoms with E-state index in [1.54, 1.807) is 11.0 Å². The first-order valence-corrected chi connectivity index (χ1v) is 7.03. The molecule has 0 saturated heterocycles. The first kappa shape index (κ1) is 15.0. The van der Waals surface area contributed by atoms with Crippen molar-refractivity contribution in [2.24, 2.45) is 0 Å². The number of ether oxygens (including phenoxy) is 1. The molecule has 0 aliphatic carbocycles. The van der Waals surface area contributed by atoms with Crippen molar-refractivity contribution in [2.75, 3.05) is 16.8 Å². The summed E-state index contributed by atoms with van der Waals surface area (Å²) in [6.07, 6.45) is -0.351. The molecule has 0 aromatic heterocycles. The van der Waals surface area contributed by atoms with Gasteiger partial charge in [-0.2, -0.15) is 0 Å². The number of fused-ring (bicyclic) bond motifs is 1. The molecule has 0 fully saturated rings. The molecule has 0 bridgehead atoms. The van der Waals surface area contributed by atoms with Crippen LogP contribution in [0.3, 0.4) is 0 Å². The van der Waals surface area contributed by atoms with Gasteiger partial charge in [-0.05, 0) is 52.8 Å². The Hall–Kier alpha value is -1.42. The number of hydrogen-bond acceptors (Lipinski definition) is 3. The number of rotatable bonds is 0.